The minimum absolute atomic E-state index is 0.0303. The second kappa shape index (κ2) is 5.83. The lowest BCUT2D eigenvalue weighted by Gasteiger charge is -2.14. The number of hydrogen-bond acceptors (Lipinski definition) is 2. The van der Waals surface area contributed by atoms with E-state index in [9.17, 15) is 13.2 Å². The molecule has 0 saturated heterocycles. The first-order chi connectivity index (χ1) is 9.68. The van der Waals surface area contributed by atoms with E-state index in [1.807, 2.05) is 0 Å². The minimum Gasteiger partial charge on any atom is -0.454 e. The number of nitrogen functional groups attached to an aromatic ring is 1. The molecule has 21 heavy (non-hydrogen) atoms. The lowest BCUT2D eigenvalue weighted by atomic mass is 10.2. The van der Waals surface area contributed by atoms with Gasteiger partial charge < -0.3 is 10.5 Å². The third-order valence-corrected chi connectivity index (χ3v) is 3.36. The Bertz CT molecular complexity index is 689. The molecule has 0 aromatic heterocycles. The Hall–Kier alpha value is -1.30. The van der Waals surface area contributed by atoms with Gasteiger partial charge >= 0.3 is 6.18 Å². The number of ether oxygens (including phenoxy) is 1. The highest BCUT2D eigenvalue weighted by Crippen LogP contribution is 2.41. The van der Waals surface area contributed by atoms with Crippen LogP contribution in [-0.2, 0) is 6.18 Å². The van der Waals surface area contributed by atoms with E-state index in [1.54, 1.807) is 0 Å². The molecule has 0 amide bonds. The molecule has 2 N–H and O–H groups in total. The van der Waals surface area contributed by atoms with Gasteiger partial charge in [0.05, 0.1) is 21.3 Å². The number of anilines is 1. The standard InChI is InChI=1S/C13H7Cl3F3NO/c14-6-1-2-11(9(16)3-6)21-12-5-8(15)7(4-10(12)20)13(17,18)19/h1-5H,20H2. The molecule has 0 bridgehead atoms. The molecule has 0 atom stereocenters. The normalized spacial score (nSPS) is 11.5. The highest BCUT2D eigenvalue weighted by Gasteiger charge is 2.34. The van der Waals surface area contributed by atoms with Crippen LogP contribution >= 0.6 is 34.8 Å². The van der Waals surface area contributed by atoms with E-state index in [2.05, 4.69) is 0 Å². The van der Waals surface area contributed by atoms with Crippen molar-refractivity contribution in [2.75, 3.05) is 5.73 Å². The predicted molar refractivity (Wildman–Crippen MR) is 77.4 cm³/mol. The van der Waals surface area contributed by atoms with Gasteiger partial charge in [0.1, 0.15) is 5.75 Å². The predicted octanol–water partition coefficient (Wildman–Crippen LogP) is 6.04. The number of benzene rings is 2. The van der Waals surface area contributed by atoms with Crippen molar-refractivity contribution in [2.24, 2.45) is 0 Å². The van der Waals surface area contributed by atoms with E-state index >= 15 is 0 Å². The molecule has 0 heterocycles. The summed E-state index contributed by atoms with van der Waals surface area (Å²) in [6.45, 7) is 0. The van der Waals surface area contributed by atoms with E-state index in [4.69, 9.17) is 45.3 Å². The van der Waals surface area contributed by atoms with Crippen LogP contribution in [0, 0.1) is 0 Å². The van der Waals surface area contributed by atoms with Gasteiger partial charge in [-0.15, -0.1) is 0 Å². The monoisotopic (exact) mass is 355 g/mol. The summed E-state index contributed by atoms with van der Waals surface area (Å²) in [5.41, 5.74) is 4.32. The van der Waals surface area contributed by atoms with Crippen molar-refractivity contribution in [3.05, 3.63) is 51.0 Å². The average molecular weight is 357 g/mol. The summed E-state index contributed by atoms with van der Waals surface area (Å²) in [5.74, 6) is 0.167. The lowest BCUT2D eigenvalue weighted by Crippen LogP contribution is -2.07. The van der Waals surface area contributed by atoms with E-state index < -0.39 is 16.8 Å². The Labute approximate surface area is 133 Å². The fourth-order valence-electron chi connectivity index (χ4n) is 1.55. The summed E-state index contributed by atoms with van der Waals surface area (Å²) in [7, 11) is 0. The van der Waals surface area contributed by atoms with Gasteiger partial charge in [0.2, 0.25) is 0 Å². The van der Waals surface area contributed by atoms with E-state index in [1.165, 1.54) is 18.2 Å². The molecular formula is C13H7Cl3F3NO. The molecule has 0 unspecified atom stereocenters. The molecule has 0 radical (unpaired) electrons. The largest absolute Gasteiger partial charge is 0.454 e. The average Bonchev–Trinajstić information content (AvgIpc) is 2.35. The molecule has 8 heteroatoms. The van der Waals surface area contributed by atoms with E-state index in [-0.39, 0.29) is 22.2 Å². The van der Waals surface area contributed by atoms with E-state index in [0.29, 0.717) is 11.1 Å². The Balaban J connectivity index is 2.40. The maximum Gasteiger partial charge on any atom is 0.417 e. The van der Waals surface area contributed by atoms with Crippen molar-refractivity contribution in [1.29, 1.82) is 0 Å². The Morgan fingerprint density at radius 1 is 0.905 bits per heavy atom. The number of halogens is 6. The SMILES string of the molecule is Nc1cc(C(F)(F)F)c(Cl)cc1Oc1ccc(Cl)cc1Cl. The van der Waals surface area contributed by atoms with Gasteiger partial charge in [-0.2, -0.15) is 13.2 Å². The zero-order chi connectivity index (χ0) is 15.8. The lowest BCUT2D eigenvalue weighted by molar-refractivity contribution is -0.137. The fraction of sp³-hybridized carbons (Fsp3) is 0.0769. The molecule has 112 valence electrons. The maximum atomic E-state index is 12.7. The van der Waals surface area contributed by atoms with Gasteiger partial charge in [0.15, 0.2) is 5.75 Å². The first-order valence-corrected chi connectivity index (χ1v) is 6.61. The van der Waals surface area contributed by atoms with Crippen LogP contribution in [0.3, 0.4) is 0 Å². The zero-order valence-corrected chi connectivity index (χ0v) is 12.4. The molecule has 0 saturated carbocycles. The summed E-state index contributed by atoms with van der Waals surface area (Å²) < 4.78 is 43.4. The van der Waals surface area contributed by atoms with Crippen molar-refractivity contribution < 1.29 is 17.9 Å². The molecule has 0 fully saturated rings. The molecule has 0 aliphatic heterocycles. The smallest absolute Gasteiger partial charge is 0.417 e. The summed E-state index contributed by atoms with van der Waals surface area (Å²) >= 11 is 17.3. The number of rotatable bonds is 2. The fourth-order valence-corrected chi connectivity index (χ4v) is 2.26. The first-order valence-electron chi connectivity index (χ1n) is 5.47. The van der Waals surface area contributed by atoms with Gasteiger partial charge in [-0.1, -0.05) is 34.8 Å². The summed E-state index contributed by atoms with van der Waals surface area (Å²) in [6.07, 6.45) is -4.60. The molecule has 0 aliphatic carbocycles. The summed E-state index contributed by atoms with van der Waals surface area (Å²) in [6, 6.07) is 6.12. The Kier molecular flexibility index (Phi) is 4.46. The topological polar surface area (TPSA) is 35.2 Å². The van der Waals surface area contributed by atoms with Crippen LogP contribution in [0.5, 0.6) is 11.5 Å². The van der Waals surface area contributed by atoms with Crippen molar-refractivity contribution in [3.63, 3.8) is 0 Å². The number of nitrogens with two attached hydrogens (primary N) is 1. The second-order valence-corrected chi connectivity index (χ2v) is 5.30. The van der Waals surface area contributed by atoms with Crippen LogP contribution in [0.2, 0.25) is 15.1 Å². The van der Waals surface area contributed by atoms with Crippen LogP contribution in [0.1, 0.15) is 5.56 Å². The van der Waals surface area contributed by atoms with Crippen molar-refractivity contribution in [2.45, 2.75) is 6.18 Å². The van der Waals surface area contributed by atoms with Crippen LogP contribution in [0.25, 0.3) is 0 Å². The van der Waals surface area contributed by atoms with E-state index in [0.717, 1.165) is 6.07 Å². The Morgan fingerprint density at radius 3 is 2.14 bits per heavy atom. The molecular weight excluding hydrogens is 350 g/mol. The molecule has 2 aromatic carbocycles. The van der Waals surface area contributed by atoms with Crippen LogP contribution in [0.15, 0.2) is 30.3 Å². The quantitative estimate of drug-likeness (QED) is 0.666. The molecule has 2 nitrogen and oxygen atoms in total. The van der Waals surface area contributed by atoms with Crippen molar-refractivity contribution in [1.82, 2.24) is 0 Å². The number of hydrogen-bond donors (Lipinski definition) is 1. The van der Waals surface area contributed by atoms with Crippen LogP contribution in [-0.4, -0.2) is 0 Å². The molecule has 0 aliphatic rings. The summed E-state index contributed by atoms with van der Waals surface area (Å²) in [5, 5.41) is 0.0699. The third-order valence-electron chi connectivity index (χ3n) is 2.52. The Morgan fingerprint density at radius 2 is 1.57 bits per heavy atom. The second-order valence-electron chi connectivity index (χ2n) is 4.04. The van der Waals surface area contributed by atoms with Crippen LogP contribution in [0.4, 0.5) is 18.9 Å². The molecule has 0 spiro atoms. The van der Waals surface area contributed by atoms with Crippen molar-refractivity contribution >= 4 is 40.5 Å². The van der Waals surface area contributed by atoms with Crippen LogP contribution < -0.4 is 10.5 Å². The van der Waals surface area contributed by atoms with Gasteiger partial charge in [-0.25, -0.2) is 0 Å². The maximum absolute atomic E-state index is 12.7. The zero-order valence-electron chi connectivity index (χ0n) is 10.1. The van der Waals surface area contributed by atoms with Crippen molar-refractivity contribution in [3.8, 4) is 11.5 Å². The first kappa shape index (κ1) is 16.1. The third kappa shape index (κ3) is 3.67. The van der Waals surface area contributed by atoms with Gasteiger partial charge in [-0.3, -0.25) is 0 Å². The molecule has 2 aromatic rings. The van der Waals surface area contributed by atoms with Gasteiger partial charge in [0.25, 0.3) is 0 Å². The molecule has 2 rings (SSSR count). The summed E-state index contributed by atoms with van der Waals surface area (Å²) in [4.78, 5) is 0. The van der Waals surface area contributed by atoms with Gasteiger partial charge in [-0.05, 0) is 24.3 Å². The minimum atomic E-state index is -4.60. The highest BCUT2D eigenvalue weighted by molar-refractivity contribution is 6.35. The highest BCUT2D eigenvalue weighted by atomic mass is 35.5. The number of alkyl halides is 3. The van der Waals surface area contributed by atoms with Gasteiger partial charge in [0, 0.05) is 11.1 Å².